The SMILES string of the molecule is Cc1nc(C(=O)N2CC3c4cc(-c5ccc(F)nc5)ccc4S(=O)(=O)C3C2)cs1.O=C(O)C(F)(F)F. The first-order valence-corrected chi connectivity index (χ1v) is 12.7. The zero-order valence-electron chi connectivity index (χ0n) is 18.4. The van der Waals surface area contributed by atoms with Crippen molar-refractivity contribution in [2.45, 2.75) is 29.2 Å². The first kappa shape index (κ1) is 25.7. The molecule has 2 aliphatic heterocycles. The maximum Gasteiger partial charge on any atom is 0.490 e. The van der Waals surface area contributed by atoms with E-state index in [9.17, 15) is 30.8 Å². The van der Waals surface area contributed by atoms with Crippen LogP contribution in [0.3, 0.4) is 0 Å². The molecule has 2 aromatic heterocycles. The molecule has 0 saturated carbocycles. The van der Waals surface area contributed by atoms with Crippen molar-refractivity contribution in [3.8, 4) is 11.1 Å². The molecule has 190 valence electrons. The fourth-order valence-electron chi connectivity index (χ4n) is 4.16. The second-order valence-corrected chi connectivity index (χ2v) is 11.3. The Kier molecular flexibility index (Phi) is 6.60. The number of carboxylic acids is 1. The summed E-state index contributed by atoms with van der Waals surface area (Å²) in [6, 6.07) is 8.03. The van der Waals surface area contributed by atoms with Crippen molar-refractivity contribution in [2.24, 2.45) is 0 Å². The number of carboxylic acid groups (broad SMARTS) is 1. The highest BCUT2D eigenvalue weighted by Crippen LogP contribution is 2.46. The summed E-state index contributed by atoms with van der Waals surface area (Å²) >= 11 is 1.39. The number of aliphatic carboxylic acids is 1. The maximum absolute atomic E-state index is 13.1. The van der Waals surface area contributed by atoms with Crippen LogP contribution in [0.5, 0.6) is 0 Å². The molecule has 1 saturated heterocycles. The fourth-order valence-corrected chi connectivity index (χ4v) is 6.91. The summed E-state index contributed by atoms with van der Waals surface area (Å²) in [5.41, 5.74) is 2.55. The van der Waals surface area contributed by atoms with E-state index in [1.165, 1.54) is 23.6 Å². The van der Waals surface area contributed by atoms with Crippen molar-refractivity contribution >= 4 is 33.1 Å². The Morgan fingerprint density at radius 2 is 1.81 bits per heavy atom. The van der Waals surface area contributed by atoms with Crippen LogP contribution in [0.4, 0.5) is 17.6 Å². The lowest BCUT2D eigenvalue weighted by Crippen LogP contribution is -2.31. The number of pyridine rings is 1. The lowest BCUT2D eigenvalue weighted by Gasteiger charge is -2.17. The van der Waals surface area contributed by atoms with Crippen molar-refractivity contribution in [1.82, 2.24) is 14.9 Å². The lowest BCUT2D eigenvalue weighted by atomic mass is 9.95. The summed E-state index contributed by atoms with van der Waals surface area (Å²) in [5, 5.41) is 8.97. The van der Waals surface area contributed by atoms with Crippen LogP contribution in [0.15, 0.2) is 46.8 Å². The molecule has 0 bridgehead atoms. The number of thiazole rings is 1. The summed E-state index contributed by atoms with van der Waals surface area (Å²) in [6.45, 7) is 2.31. The molecule has 1 aromatic carbocycles. The predicted molar refractivity (Wildman–Crippen MR) is 120 cm³/mol. The number of carbonyl (C=O) groups excluding carboxylic acids is 1. The molecule has 8 nitrogen and oxygen atoms in total. The summed E-state index contributed by atoms with van der Waals surface area (Å²) in [4.78, 5) is 31.5. The van der Waals surface area contributed by atoms with Crippen molar-refractivity contribution in [3.05, 3.63) is 64.1 Å². The van der Waals surface area contributed by atoms with E-state index >= 15 is 0 Å². The summed E-state index contributed by atoms with van der Waals surface area (Å²) in [7, 11) is -3.52. The van der Waals surface area contributed by atoms with Gasteiger partial charge in [-0.2, -0.15) is 17.6 Å². The van der Waals surface area contributed by atoms with Gasteiger partial charge >= 0.3 is 12.1 Å². The Morgan fingerprint density at radius 1 is 1.14 bits per heavy atom. The molecule has 36 heavy (non-hydrogen) atoms. The van der Waals surface area contributed by atoms with E-state index in [1.54, 1.807) is 28.5 Å². The van der Waals surface area contributed by atoms with E-state index in [0.717, 1.165) is 10.6 Å². The van der Waals surface area contributed by atoms with E-state index < -0.39 is 33.2 Å². The van der Waals surface area contributed by atoms with E-state index in [4.69, 9.17) is 9.90 Å². The quantitative estimate of drug-likeness (QED) is 0.387. The molecular formula is C22H17F4N3O5S2. The molecule has 0 spiro atoms. The molecule has 5 rings (SSSR count). The third-order valence-electron chi connectivity index (χ3n) is 5.81. The number of likely N-dealkylation sites (tertiary alicyclic amines) is 1. The van der Waals surface area contributed by atoms with Crippen LogP contribution in [0, 0.1) is 12.9 Å². The Bertz CT molecular complexity index is 1440. The Balaban J connectivity index is 0.000000384. The van der Waals surface area contributed by atoms with Gasteiger partial charge in [0, 0.05) is 36.1 Å². The van der Waals surface area contributed by atoms with Crippen LogP contribution in [0.1, 0.15) is 27.0 Å². The van der Waals surface area contributed by atoms with Gasteiger partial charge in [-0.05, 0) is 42.3 Å². The van der Waals surface area contributed by atoms with E-state index in [-0.39, 0.29) is 18.4 Å². The van der Waals surface area contributed by atoms with Crippen LogP contribution in [0.2, 0.25) is 0 Å². The highest BCUT2D eigenvalue weighted by molar-refractivity contribution is 7.92. The molecule has 2 unspecified atom stereocenters. The number of fused-ring (bicyclic) bond motifs is 3. The number of nitrogens with zero attached hydrogens (tertiary/aromatic N) is 3. The largest absolute Gasteiger partial charge is 0.490 e. The number of amides is 1. The molecule has 1 amide bonds. The minimum atomic E-state index is -5.08. The number of halogens is 4. The third-order valence-corrected chi connectivity index (χ3v) is 8.84. The number of aromatic nitrogens is 2. The number of carbonyl (C=O) groups is 2. The molecule has 0 radical (unpaired) electrons. The number of alkyl halides is 3. The number of hydrogen-bond donors (Lipinski definition) is 1. The Hall–Kier alpha value is -3.39. The van der Waals surface area contributed by atoms with Crippen LogP contribution < -0.4 is 0 Å². The zero-order valence-corrected chi connectivity index (χ0v) is 20.0. The van der Waals surface area contributed by atoms with Gasteiger partial charge < -0.3 is 10.0 Å². The van der Waals surface area contributed by atoms with Gasteiger partial charge in [0.15, 0.2) is 9.84 Å². The number of benzene rings is 1. The average molecular weight is 544 g/mol. The smallest absolute Gasteiger partial charge is 0.475 e. The molecular weight excluding hydrogens is 526 g/mol. The topological polar surface area (TPSA) is 118 Å². The second-order valence-electron chi connectivity index (χ2n) is 8.08. The van der Waals surface area contributed by atoms with Crippen molar-refractivity contribution in [1.29, 1.82) is 0 Å². The van der Waals surface area contributed by atoms with Gasteiger partial charge in [-0.25, -0.2) is 23.2 Å². The normalized spacial score (nSPS) is 19.8. The average Bonchev–Trinajstić information content (AvgIpc) is 3.50. The molecule has 0 aliphatic carbocycles. The molecule has 4 heterocycles. The molecule has 1 fully saturated rings. The van der Waals surface area contributed by atoms with Gasteiger partial charge in [0.2, 0.25) is 5.95 Å². The molecule has 14 heteroatoms. The van der Waals surface area contributed by atoms with Crippen molar-refractivity contribution in [3.63, 3.8) is 0 Å². The standard InChI is InChI=1S/C20H16FN3O3S2.C2HF3O2/c1-11-23-16(10-28-11)20(25)24-8-15-14-6-12(13-3-5-19(21)22-7-13)2-4-17(14)29(26,27)18(15)9-24;3-2(4,5)1(6)7/h2-7,10,15,18H,8-9H2,1H3;(H,6,7). The molecule has 3 aromatic rings. The molecule has 2 aliphatic rings. The van der Waals surface area contributed by atoms with E-state index in [0.29, 0.717) is 28.3 Å². The van der Waals surface area contributed by atoms with Gasteiger partial charge in [-0.15, -0.1) is 11.3 Å². The van der Waals surface area contributed by atoms with Gasteiger partial charge in [-0.1, -0.05) is 6.07 Å². The minimum absolute atomic E-state index is 0.157. The van der Waals surface area contributed by atoms with Crippen molar-refractivity contribution in [2.75, 3.05) is 13.1 Å². The zero-order chi connectivity index (χ0) is 26.4. The highest BCUT2D eigenvalue weighted by Gasteiger charge is 2.51. The predicted octanol–water partition coefficient (Wildman–Crippen LogP) is 3.68. The Morgan fingerprint density at radius 3 is 2.36 bits per heavy atom. The van der Waals surface area contributed by atoms with E-state index in [2.05, 4.69) is 9.97 Å². The molecule has 1 N–H and O–H groups in total. The van der Waals surface area contributed by atoms with Crippen LogP contribution in [-0.2, 0) is 14.6 Å². The lowest BCUT2D eigenvalue weighted by molar-refractivity contribution is -0.192. The first-order valence-electron chi connectivity index (χ1n) is 10.3. The second kappa shape index (κ2) is 9.24. The van der Waals surface area contributed by atoms with Gasteiger partial charge in [0.25, 0.3) is 5.91 Å². The van der Waals surface area contributed by atoms with E-state index in [1.807, 2.05) is 13.0 Å². The summed E-state index contributed by atoms with van der Waals surface area (Å²) in [5.74, 6) is -3.85. The highest BCUT2D eigenvalue weighted by atomic mass is 32.2. The Labute approximate surface area is 206 Å². The maximum atomic E-state index is 13.1. The third kappa shape index (κ3) is 4.82. The van der Waals surface area contributed by atoms with Crippen LogP contribution >= 0.6 is 11.3 Å². The fraction of sp³-hybridized carbons (Fsp3) is 0.273. The monoisotopic (exact) mass is 543 g/mol. The number of sulfone groups is 1. The molecule has 2 atom stereocenters. The minimum Gasteiger partial charge on any atom is -0.475 e. The number of aryl methyl sites for hydroxylation is 1. The summed E-state index contributed by atoms with van der Waals surface area (Å²) in [6.07, 6.45) is -3.66. The van der Waals surface area contributed by atoms with Gasteiger partial charge in [0.1, 0.15) is 5.69 Å². The van der Waals surface area contributed by atoms with Crippen LogP contribution in [-0.4, -0.2) is 64.8 Å². The number of rotatable bonds is 2. The first-order chi connectivity index (χ1) is 16.8. The van der Waals surface area contributed by atoms with Crippen LogP contribution in [0.25, 0.3) is 11.1 Å². The van der Waals surface area contributed by atoms with Gasteiger partial charge in [-0.3, -0.25) is 4.79 Å². The summed E-state index contributed by atoms with van der Waals surface area (Å²) < 4.78 is 71.0. The van der Waals surface area contributed by atoms with Gasteiger partial charge in [0.05, 0.1) is 15.2 Å². The number of hydrogen-bond acceptors (Lipinski definition) is 7. The van der Waals surface area contributed by atoms with Crippen molar-refractivity contribution < 1.29 is 40.7 Å².